The number of hydrogen-bond acceptors (Lipinski definition) is 6. The molecule has 2 aliphatic rings. The molecule has 0 aliphatic carbocycles. The number of rotatable bonds is 5. The molecule has 3 rings (SSSR count). The zero-order valence-corrected chi connectivity index (χ0v) is 15.4. The minimum absolute atomic E-state index is 0.198. The number of aromatic nitrogens is 1. The fourth-order valence-electron chi connectivity index (χ4n) is 4.02. The maximum absolute atomic E-state index is 9.85. The molecule has 0 radical (unpaired) electrons. The lowest BCUT2D eigenvalue weighted by molar-refractivity contribution is 0.106. The van der Waals surface area contributed by atoms with Crippen molar-refractivity contribution in [2.75, 3.05) is 63.9 Å². The van der Waals surface area contributed by atoms with E-state index in [1.165, 1.54) is 0 Å². The van der Waals surface area contributed by atoms with Gasteiger partial charge in [-0.2, -0.15) is 5.26 Å². The molecule has 1 N–H and O–H groups in total. The summed E-state index contributed by atoms with van der Waals surface area (Å²) < 4.78 is 0. The van der Waals surface area contributed by atoms with E-state index >= 15 is 0 Å². The van der Waals surface area contributed by atoms with Crippen LogP contribution in [-0.2, 0) is 0 Å². The van der Waals surface area contributed by atoms with Gasteiger partial charge in [-0.15, -0.1) is 0 Å². The third-order valence-corrected chi connectivity index (χ3v) is 5.65. The smallest absolute Gasteiger partial charge is 0.146 e. The summed E-state index contributed by atoms with van der Waals surface area (Å²) in [6, 6.07) is 5.99. The average molecular weight is 343 g/mol. The Labute approximate surface area is 150 Å². The Morgan fingerprint density at radius 2 is 1.84 bits per heavy atom. The second-order valence-electron chi connectivity index (χ2n) is 7.28. The van der Waals surface area contributed by atoms with Gasteiger partial charge in [-0.05, 0) is 31.5 Å². The van der Waals surface area contributed by atoms with Crippen LogP contribution in [0.5, 0.6) is 0 Å². The molecule has 2 saturated heterocycles. The van der Waals surface area contributed by atoms with Crippen LogP contribution in [0.1, 0.15) is 18.2 Å². The summed E-state index contributed by atoms with van der Waals surface area (Å²) in [6.07, 6.45) is 0. The fraction of sp³-hybridized carbons (Fsp3) is 0.684. The Kier molecular flexibility index (Phi) is 5.89. The van der Waals surface area contributed by atoms with Crippen LogP contribution in [0.4, 0.5) is 5.82 Å². The first-order valence-electron chi connectivity index (χ1n) is 9.32. The summed E-state index contributed by atoms with van der Waals surface area (Å²) >= 11 is 0. The topological polar surface area (TPSA) is 66.6 Å². The zero-order valence-electron chi connectivity index (χ0n) is 15.4. The zero-order chi connectivity index (χ0) is 17.8. The van der Waals surface area contributed by atoms with E-state index in [4.69, 9.17) is 0 Å². The number of aliphatic hydroxyl groups is 1. The van der Waals surface area contributed by atoms with E-state index in [9.17, 15) is 10.4 Å². The van der Waals surface area contributed by atoms with Crippen LogP contribution in [0.25, 0.3) is 0 Å². The monoisotopic (exact) mass is 343 g/mol. The van der Waals surface area contributed by atoms with Crippen LogP contribution >= 0.6 is 0 Å². The van der Waals surface area contributed by atoms with E-state index in [2.05, 4.69) is 32.7 Å². The maximum atomic E-state index is 9.85. The van der Waals surface area contributed by atoms with Crippen molar-refractivity contribution in [3.05, 3.63) is 23.4 Å². The summed E-state index contributed by atoms with van der Waals surface area (Å²) in [5, 5.41) is 19.2. The molecule has 0 aromatic carbocycles. The highest BCUT2D eigenvalue weighted by Gasteiger charge is 2.35. The Morgan fingerprint density at radius 1 is 1.16 bits per heavy atom. The SMILES string of the molecule is CCN1CCN(C[C@@H]2CN(c3nc(C)ccc3C#N)C[C@@H]2CO)CC1. The summed E-state index contributed by atoms with van der Waals surface area (Å²) in [6.45, 7) is 12.6. The lowest BCUT2D eigenvalue weighted by Crippen LogP contribution is -2.48. The van der Waals surface area contributed by atoms with Crippen molar-refractivity contribution >= 4 is 5.82 Å². The number of aryl methyl sites for hydroxylation is 1. The number of hydrogen-bond donors (Lipinski definition) is 1. The van der Waals surface area contributed by atoms with Crippen LogP contribution in [0.3, 0.4) is 0 Å². The lowest BCUT2D eigenvalue weighted by Gasteiger charge is -2.36. The van der Waals surface area contributed by atoms with Gasteiger partial charge in [-0.25, -0.2) is 4.98 Å². The molecule has 6 heteroatoms. The molecule has 0 unspecified atom stereocenters. The molecule has 2 aliphatic heterocycles. The largest absolute Gasteiger partial charge is 0.396 e. The molecule has 25 heavy (non-hydrogen) atoms. The maximum Gasteiger partial charge on any atom is 0.146 e. The third-order valence-electron chi connectivity index (χ3n) is 5.65. The highest BCUT2D eigenvalue weighted by molar-refractivity contribution is 5.55. The molecular formula is C19H29N5O. The molecule has 0 saturated carbocycles. The molecule has 2 atom stereocenters. The first kappa shape index (κ1) is 18.1. The van der Waals surface area contributed by atoms with Gasteiger partial charge in [0.2, 0.25) is 0 Å². The summed E-state index contributed by atoms with van der Waals surface area (Å²) in [4.78, 5) is 11.8. The van der Waals surface area contributed by atoms with Crippen LogP contribution in [0.15, 0.2) is 12.1 Å². The summed E-state index contributed by atoms with van der Waals surface area (Å²) in [7, 11) is 0. The molecule has 0 spiro atoms. The van der Waals surface area contributed by atoms with Crippen molar-refractivity contribution in [1.29, 1.82) is 5.26 Å². The van der Waals surface area contributed by atoms with Gasteiger partial charge in [0.1, 0.15) is 11.9 Å². The third kappa shape index (κ3) is 4.12. The highest BCUT2D eigenvalue weighted by atomic mass is 16.3. The number of likely N-dealkylation sites (N-methyl/N-ethyl adjacent to an activating group) is 1. The van der Waals surface area contributed by atoms with Gasteiger partial charge >= 0.3 is 0 Å². The summed E-state index contributed by atoms with van der Waals surface area (Å²) in [5.41, 5.74) is 1.55. The normalized spacial score (nSPS) is 25.3. The van der Waals surface area contributed by atoms with Gasteiger partial charge in [0.15, 0.2) is 0 Å². The molecule has 0 amide bonds. The molecule has 2 fully saturated rings. The van der Waals surface area contributed by atoms with Crippen molar-refractivity contribution < 1.29 is 5.11 Å². The predicted molar refractivity (Wildman–Crippen MR) is 98.5 cm³/mol. The number of nitriles is 1. The van der Waals surface area contributed by atoms with Gasteiger partial charge in [0.05, 0.1) is 5.56 Å². The predicted octanol–water partition coefficient (Wildman–Crippen LogP) is 0.944. The van der Waals surface area contributed by atoms with Crippen LogP contribution < -0.4 is 4.90 Å². The number of piperazine rings is 1. The van der Waals surface area contributed by atoms with E-state index < -0.39 is 0 Å². The lowest BCUT2D eigenvalue weighted by atomic mass is 9.96. The van der Waals surface area contributed by atoms with Crippen molar-refractivity contribution in [2.45, 2.75) is 13.8 Å². The fourth-order valence-corrected chi connectivity index (χ4v) is 4.02. The first-order chi connectivity index (χ1) is 12.1. The molecule has 1 aromatic rings. The van der Waals surface area contributed by atoms with Crippen molar-refractivity contribution in [3.63, 3.8) is 0 Å². The second kappa shape index (κ2) is 8.13. The van der Waals surface area contributed by atoms with E-state index in [0.717, 1.165) is 63.9 Å². The van der Waals surface area contributed by atoms with Crippen LogP contribution in [0.2, 0.25) is 0 Å². The highest BCUT2D eigenvalue weighted by Crippen LogP contribution is 2.30. The van der Waals surface area contributed by atoms with Crippen LogP contribution in [-0.4, -0.2) is 78.9 Å². The quantitative estimate of drug-likeness (QED) is 0.858. The molecule has 0 bridgehead atoms. The number of nitrogens with zero attached hydrogens (tertiary/aromatic N) is 5. The molecule has 1 aromatic heterocycles. The molecular weight excluding hydrogens is 314 g/mol. The summed E-state index contributed by atoms with van der Waals surface area (Å²) in [5.74, 6) is 1.45. The van der Waals surface area contributed by atoms with E-state index in [1.807, 2.05) is 19.1 Å². The Balaban J connectivity index is 1.67. The Hall–Kier alpha value is -1.68. The molecule has 6 nitrogen and oxygen atoms in total. The first-order valence-corrected chi connectivity index (χ1v) is 9.32. The van der Waals surface area contributed by atoms with Gasteiger partial charge in [-0.1, -0.05) is 6.92 Å². The van der Waals surface area contributed by atoms with Crippen molar-refractivity contribution in [1.82, 2.24) is 14.8 Å². The van der Waals surface area contributed by atoms with Crippen LogP contribution in [0, 0.1) is 30.1 Å². The average Bonchev–Trinajstić information content (AvgIpc) is 3.05. The Bertz CT molecular complexity index is 621. The van der Waals surface area contributed by atoms with Crippen molar-refractivity contribution in [3.8, 4) is 6.07 Å². The van der Waals surface area contributed by atoms with Crippen molar-refractivity contribution in [2.24, 2.45) is 11.8 Å². The second-order valence-corrected chi connectivity index (χ2v) is 7.28. The number of anilines is 1. The minimum Gasteiger partial charge on any atom is -0.396 e. The van der Waals surface area contributed by atoms with Gasteiger partial charge in [-0.3, -0.25) is 0 Å². The van der Waals surface area contributed by atoms with E-state index in [0.29, 0.717) is 11.5 Å². The minimum atomic E-state index is 0.198. The van der Waals surface area contributed by atoms with E-state index in [1.54, 1.807) is 0 Å². The van der Waals surface area contributed by atoms with Gasteiger partial charge in [0.25, 0.3) is 0 Å². The number of pyridine rings is 1. The standard InChI is InChI=1S/C19H29N5O/c1-3-22-6-8-23(9-7-22)11-17-12-24(13-18(17)14-25)19-16(10-20)5-4-15(2)21-19/h4-5,17-18,25H,3,6-9,11-14H2,1-2H3/t17-,18-/m1/s1. The van der Waals surface area contributed by atoms with E-state index in [-0.39, 0.29) is 12.5 Å². The van der Waals surface area contributed by atoms with Gasteiger partial charge in [0, 0.05) is 64.0 Å². The van der Waals surface area contributed by atoms with Gasteiger partial charge < -0.3 is 19.8 Å². The number of aliphatic hydroxyl groups excluding tert-OH is 1. The molecule has 3 heterocycles. The molecule has 136 valence electrons. The Morgan fingerprint density at radius 3 is 2.48 bits per heavy atom.